The molecule has 0 spiro atoms. The number of hydrogen-bond donors (Lipinski definition) is 1. The topological polar surface area (TPSA) is 64.0 Å². The number of thioether (sulfide) groups is 1. The molecule has 1 aliphatic heterocycles. The first-order valence-corrected chi connectivity index (χ1v) is 9.18. The van der Waals surface area contributed by atoms with Crippen LogP contribution in [0.5, 0.6) is 0 Å². The summed E-state index contributed by atoms with van der Waals surface area (Å²) in [5.41, 5.74) is 0.216. The van der Waals surface area contributed by atoms with Gasteiger partial charge in [0, 0.05) is 23.9 Å². The Hall–Kier alpha value is -1.67. The van der Waals surface area contributed by atoms with Crippen LogP contribution in [-0.2, 0) is 11.8 Å². The number of benzene rings is 1. The first-order chi connectivity index (χ1) is 11.4. The Morgan fingerprint density at radius 3 is 2.92 bits per heavy atom. The molecule has 1 aromatic heterocycles. The Bertz CT molecular complexity index is 884. The first kappa shape index (κ1) is 17.2. The van der Waals surface area contributed by atoms with Gasteiger partial charge in [0.1, 0.15) is 11.6 Å². The second-order valence-electron chi connectivity index (χ2n) is 5.42. The lowest BCUT2D eigenvalue weighted by Gasteiger charge is -2.27. The number of carbonyl (C=O) groups is 1. The minimum atomic E-state index is -0.655. The van der Waals surface area contributed by atoms with Gasteiger partial charge in [-0.05, 0) is 29.5 Å². The van der Waals surface area contributed by atoms with E-state index in [-0.39, 0.29) is 12.3 Å². The minimum Gasteiger partial charge on any atom is -0.312 e. The fraction of sp³-hybridized carbons (Fsp3) is 0.312. The standard InChI is InChI=1S/C16H15BrFN3O2S/c1-3-24-16-20-15(23)13-10(7-12(22)19-14(13)21(16)2)9-6-8(17)4-5-11(9)18/h4-6,10H,3,7H2,1-2H3,(H,19,22)/t10-/m1/s1. The van der Waals surface area contributed by atoms with Crippen LogP contribution < -0.4 is 10.9 Å². The summed E-state index contributed by atoms with van der Waals surface area (Å²) in [4.78, 5) is 28.8. The van der Waals surface area contributed by atoms with Gasteiger partial charge >= 0.3 is 0 Å². The molecule has 24 heavy (non-hydrogen) atoms. The number of hydrogen-bond acceptors (Lipinski definition) is 4. The maximum absolute atomic E-state index is 14.3. The summed E-state index contributed by atoms with van der Waals surface area (Å²) in [7, 11) is 1.74. The molecule has 5 nitrogen and oxygen atoms in total. The highest BCUT2D eigenvalue weighted by Crippen LogP contribution is 2.37. The van der Waals surface area contributed by atoms with E-state index in [1.165, 1.54) is 17.8 Å². The van der Waals surface area contributed by atoms with E-state index >= 15 is 0 Å². The molecule has 0 saturated carbocycles. The Balaban J connectivity index is 2.24. The number of carbonyl (C=O) groups excluding carboxylic acids is 1. The van der Waals surface area contributed by atoms with E-state index < -0.39 is 17.3 Å². The molecule has 2 aromatic rings. The average molecular weight is 412 g/mol. The summed E-state index contributed by atoms with van der Waals surface area (Å²) in [6.07, 6.45) is 0.0115. The highest BCUT2D eigenvalue weighted by atomic mass is 79.9. The van der Waals surface area contributed by atoms with Crippen molar-refractivity contribution in [3.8, 4) is 0 Å². The zero-order valence-electron chi connectivity index (χ0n) is 13.1. The van der Waals surface area contributed by atoms with Gasteiger partial charge in [0.05, 0.1) is 5.56 Å². The second-order valence-corrected chi connectivity index (χ2v) is 7.57. The number of nitrogens with one attached hydrogen (secondary N) is 1. The molecule has 1 atom stereocenters. The Labute approximate surface area is 150 Å². The van der Waals surface area contributed by atoms with Crippen molar-refractivity contribution in [3.63, 3.8) is 0 Å². The van der Waals surface area contributed by atoms with E-state index in [4.69, 9.17) is 0 Å². The van der Waals surface area contributed by atoms with E-state index in [9.17, 15) is 14.0 Å². The molecular weight excluding hydrogens is 397 g/mol. The van der Waals surface area contributed by atoms with Crippen LogP contribution in [-0.4, -0.2) is 21.2 Å². The maximum Gasteiger partial charge on any atom is 0.279 e. The van der Waals surface area contributed by atoms with Gasteiger partial charge < -0.3 is 9.88 Å². The highest BCUT2D eigenvalue weighted by molar-refractivity contribution is 9.10. The molecular formula is C16H15BrFN3O2S. The molecule has 0 saturated heterocycles. The van der Waals surface area contributed by atoms with Gasteiger partial charge in [-0.1, -0.05) is 34.6 Å². The van der Waals surface area contributed by atoms with Crippen molar-refractivity contribution in [2.75, 3.05) is 11.1 Å². The van der Waals surface area contributed by atoms with E-state index in [0.29, 0.717) is 26.6 Å². The third kappa shape index (κ3) is 3.00. The summed E-state index contributed by atoms with van der Waals surface area (Å²) in [6, 6.07) is 4.52. The van der Waals surface area contributed by atoms with Crippen molar-refractivity contribution in [2.24, 2.45) is 7.05 Å². The van der Waals surface area contributed by atoms with Gasteiger partial charge in [0.2, 0.25) is 5.91 Å². The maximum atomic E-state index is 14.3. The largest absolute Gasteiger partial charge is 0.312 e. The lowest BCUT2D eigenvalue weighted by Crippen LogP contribution is -2.33. The Kier molecular flexibility index (Phi) is 4.78. The van der Waals surface area contributed by atoms with Crippen LogP contribution >= 0.6 is 27.7 Å². The number of amides is 1. The van der Waals surface area contributed by atoms with E-state index in [2.05, 4.69) is 26.2 Å². The molecule has 8 heteroatoms. The van der Waals surface area contributed by atoms with Crippen LogP contribution in [0, 0.1) is 5.82 Å². The monoisotopic (exact) mass is 411 g/mol. The van der Waals surface area contributed by atoms with Crippen LogP contribution in [0.4, 0.5) is 10.2 Å². The van der Waals surface area contributed by atoms with Gasteiger partial charge in [0.15, 0.2) is 5.16 Å². The number of rotatable bonds is 3. The molecule has 0 fully saturated rings. The van der Waals surface area contributed by atoms with Crippen molar-refractivity contribution in [1.29, 1.82) is 0 Å². The van der Waals surface area contributed by atoms with Crippen molar-refractivity contribution >= 4 is 39.4 Å². The van der Waals surface area contributed by atoms with Crippen molar-refractivity contribution in [2.45, 2.75) is 24.4 Å². The fourth-order valence-electron chi connectivity index (χ4n) is 2.84. The van der Waals surface area contributed by atoms with E-state index in [1.54, 1.807) is 23.7 Å². The Morgan fingerprint density at radius 2 is 2.21 bits per heavy atom. The van der Waals surface area contributed by atoms with Gasteiger partial charge in [-0.25, -0.2) is 4.39 Å². The number of fused-ring (bicyclic) bond motifs is 1. The van der Waals surface area contributed by atoms with Crippen molar-refractivity contribution in [3.05, 3.63) is 50.0 Å². The molecule has 126 valence electrons. The van der Waals surface area contributed by atoms with Crippen LogP contribution in [0.2, 0.25) is 0 Å². The molecule has 0 unspecified atom stereocenters. The van der Waals surface area contributed by atoms with Crippen LogP contribution in [0.3, 0.4) is 0 Å². The van der Waals surface area contributed by atoms with E-state index in [0.717, 1.165) is 5.75 Å². The summed E-state index contributed by atoms with van der Waals surface area (Å²) in [5, 5.41) is 3.26. The van der Waals surface area contributed by atoms with E-state index in [1.807, 2.05) is 6.92 Å². The van der Waals surface area contributed by atoms with Gasteiger partial charge in [-0.2, -0.15) is 4.98 Å². The summed E-state index contributed by atoms with van der Waals surface area (Å²) in [6.45, 7) is 1.95. The molecule has 2 heterocycles. The number of halogens is 2. The number of anilines is 1. The van der Waals surface area contributed by atoms with Crippen molar-refractivity contribution < 1.29 is 9.18 Å². The summed E-state index contributed by atoms with van der Waals surface area (Å²) >= 11 is 4.73. The second kappa shape index (κ2) is 6.68. The molecule has 0 bridgehead atoms. The number of aromatic nitrogens is 2. The zero-order chi connectivity index (χ0) is 17.4. The average Bonchev–Trinajstić information content (AvgIpc) is 2.54. The van der Waals surface area contributed by atoms with Crippen LogP contribution in [0.15, 0.2) is 32.6 Å². The molecule has 1 N–H and O–H groups in total. The normalized spacial score (nSPS) is 16.7. The number of nitrogens with zero attached hydrogens (tertiary/aromatic N) is 2. The quantitative estimate of drug-likeness (QED) is 0.621. The smallest absolute Gasteiger partial charge is 0.279 e. The zero-order valence-corrected chi connectivity index (χ0v) is 15.5. The summed E-state index contributed by atoms with van der Waals surface area (Å²) < 4.78 is 16.7. The van der Waals surface area contributed by atoms with Crippen LogP contribution in [0.25, 0.3) is 0 Å². The molecule has 0 radical (unpaired) electrons. The molecule has 1 aromatic carbocycles. The molecule has 1 amide bonds. The molecule has 0 aliphatic carbocycles. The minimum absolute atomic E-state index is 0.0115. The molecule has 1 aliphatic rings. The van der Waals surface area contributed by atoms with Crippen molar-refractivity contribution in [1.82, 2.24) is 9.55 Å². The first-order valence-electron chi connectivity index (χ1n) is 7.40. The van der Waals surface area contributed by atoms with Gasteiger partial charge in [-0.15, -0.1) is 0 Å². The summed E-state index contributed by atoms with van der Waals surface area (Å²) in [5.74, 6) is -0.209. The molecule has 3 rings (SSSR count). The third-order valence-corrected chi connectivity index (χ3v) is 5.31. The Morgan fingerprint density at radius 1 is 1.46 bits per heavy atom. The predicted octanol–water partition coefficient (Wildman–Crippen LogP) is 3.27. The lowest BCUT2D eigenvalue weighted by molar-refractivity contribution is -0.116. The van der Waals surface area contributed by atoms with Gasteiger partial charge in [0.25, 0.3) is 5.56 Å². The van der Waals surface area contributed by atoms with Crippen LogP contribution in [0.1, 0.15) is 30.4 Å². The van der Waals surface area contributed by atoms with Gasteiger partial charge in [-0.3, -0.25) is 9.59 Å². The lowest BCUT2D eigenvalue weighted by atomic mass is 9.86. The fourth-order valence-corrected chi connectivity index (χ4v) is 3.91. The highest BCUT2D eigenvalue weighted by Gasteiger charge is 2.33. The third-order valence-electron chi connectivity index (χ3n) is 3.91. The SMILES string of the molecule is CCSc1nc(=O)c2c(n1C)NC(=O)C[C@@H]2c1cc(Br)ccc1F. The predicted molar refractivity (Wildman–Crippen MR) is 95.1 cm³/mol.